The van der Waals surface area contributed by atoms with Crippen molar-refractivity contribution in [1.29, 1.82) is 0 Å². The van der Waals surface area contributed by atoms with E-state index in [-0.39, 0.29) is 11.7 Å². The van der Waals surface area contributed by atoms with E-state index in [4.69, 9.17) is 4.42 Å². The minimum absolute atomic E-state index is 0.0655. The molecule has 0 aromatic carbocycles. The monoisotopic (exact) mass is 290 g/mol. The second-order valence-electron chi connectivity index (χ2n) is 5.99. The molecule has 0 saturated carbocycles. The van der Waals surface area contributed by atoms with E-state index in [2.05, 4.69) is 5.32 Å². The summed E-state index contributed by atoms with van der Waals surface area (Å²) in [6, 6.07) is 0.488. The van der Waals surface area contributed by atoms with Crippen LogP contribution in [0.3, 0.4) is 0 Å². The second-order valence-corrected chi connectivity index (χ2v) is 5.99. The zero-order chi connectivity index (χ0) is 15.0. The van der Waals surface area contributed by atoms with Crippen LogP contribution in [0, 0.1) is 6.92 Å². The van der Waals surface area contributed by atoms with Crippen LogP contribution in [0.5, 0.6) is 0 Å². The van der Waals surface area contributed by atoms with Gasteiger partial charge in [0.1, 0.15) is 5.76 Å². The number of carbonyl (C=O) groups excluding carboxylic acids is 2. The van der Waals surface area contributed by atoms with Crippen molar-refractivity contribution in [3.63, 3.8) is 0 Å². The SMILES string of the molecule is CNC1CCN(C(=O)c2oc3c(c2C)C(=O)CCC3)CC1. The minimum atomic E-state index is -0.0655. The molecule has 1 aliphatic carbocycles. The van der Waals surface area contributed by atoms with Gasteiger partial charge in [0, 0.05) is 37.5 Å². The van der Waals surface area contributed by atoms with Crippen molar-refractivity contribution in [3.8, 4) is 0 Å². The van der Waals surface area contributed by atoms with Crippen molar-refractivity contribution < 1.29 is 14.0 Å². The van der Waals surface area contributed by atoms with Gasteiger partial charge in [0.2, 0.25) is 0 Å². The van der Waals surface area contributed by atoms with Crippen LogP contribution in [0.4, 0.5) is 0 Å². The van der Waals surface area contributed by atoms with Crippen LogP contribution in [0.15, 0.2) is 4.42 Å². The number of Topliss-reactive ketones (excluding diaryl/α,β-unsaturated/α-hetero) is 1. The van der Waals surface area contributed by atoms with Gasteiger partial charge in [0.05, 0.1) is 5.56 Å². The van der Waals surface area contributed by atoms with E-state index in [0.717, 1.165) is 44.3 Å². The third-order valence-electron chi connectivity index (χ3n) is 4.69. The Morgan fingerprint density at radius 2 is 2.00 bits per heavy atom. The second kappa shape index (κ2) is 5.64. The highest BCUT2D eigenvalue weighted by molar-refractivity contribution is 6.03. The number of fused-ring (bicyclic) bond motifs is 1. The number of amides is 1. The Bertz CT molecular complexity index is 568. The van der Waals surface area contributed by atoms with Gasteiger partial charge in [-0.3, -0.25) is 9.59 Å². The topological polar surface area (TPSA) is 62.6 Å². The summed E-state index contributed by atoms with van der Waals surface area (Å²) in [5.41, 5.74) is 1.39. The molecule has 1 fully saturated rings. The lowest BCUT2D eigenvalue weighted by Gasteiger charge is -2.31. The third kappa shape index (κ3) is 2.50. The van der Waals surface area contributed by atoms with Gasteiger partial charge in [0.15, 0.2) is 11.5 Å². The number of likely N-dealkylation sites (tertiary alicyclic amines) is 1. The molecule has 1 saturated heterocycles. The van der Waals surface area contributed by atoms with E-state index in [9.17, 15) is 9.59 Å². The summed E-state index contributed by atoms with van der Waals surface area (Å²) in [5.74, 6) is 1.13. The van der Waals surface area contributed by atoms with E-state index >= 15 is 0 Å². The van der Waals surface area contributed by atoms with Crippen molar-refractivity contribution in [2.75, 3.05) is 20.1 Å². The molecular weight excluding hydrogens is 268 g/mol. The Kier molecular flexibility index (Phi) is 3.85. The summed E-state index contributed by atoms with van der Waals surface area (Å²) in [6.07, 6.45) is 4.06. The fourth-order valence-electron chi connectivity index (χ4n) is 3.37. The van der Waals surface area contributed by atoms with Crippen molar-refractivity contribution in [3.05, 3.63) is 22.6 Å². The molecule has 0 radical (unpaired) electrons. The van der Waals surface area contributed by atoms with Crippen LogP contribution < -0.4 is 5.32 Å². The number of nitrogens with zero attached hydrogens (tertiary/aromatic N) is 1. The zero-order valence-electron chi connectivity index (χ0n) is 12.7. The quantitative estimate of drug-likeness (QED) is 0.904. The molecular formula is C16H22N2O3. The number of ketones is 1. The van der Waals surface area contributed by atoms with E-state index in [1.165, 1.54) is 0 Å². The molecule has 1 aromatic rings. The van der Waals surface area contributed by atoms with E-state index in [0.29, 0.717) is 29.5 Å². The Hall–Kier alpha value is -1.62. The van der Waals surface area contributed by atoms with Crippen LogP contribution in [0.25, 0.3) is 0 Å². The lowest BCUT2D eigenvalue weighted by molar-refractivity contribution is 0.0671. The Morgan fingerprint density at radius 3 is 2.62 bits per heavy atom. The molecule has 0 unspecified atom stereocenters. The highest BCUT2D eigenvalue weighted by Gasteiger charge is 2.32. The Labute approximate surface area is 124 Å². The Balaban J connectivity index is 1.81. The van der Waals surface area contributed by atoms with Crippen LogP contribution in [-0.4, -0.2) is 42.8 Å². The molecule has 2 heterocycles. The van der Waals surface area contributed by atoms with Crippen molar-refractivity contribution >= 4 is 11.7 Å². The van der Waals surface area contributed by atoms with Gasteiger partial charge in [-0.05, 0) is 33.2 Å². The zero-order valence-corrected chi connectivity index (χ0v) is 12.7. The Morgan fingerprint density at radius 1 is 1.29 bits per heavy atom. The number of hydrogen-bond acceptors (Lipinski definition) is 4. The maximum absolute atomic E-state index is 12.6. The normalized spacial score (nSPS) is 19.7. The first kappa shape index (κ1) is 14.3. The number of piperidine rings is 1. The number of rotatable bonds is 2. The highest BCUT2D eigenvalue weighted by atomic mass is 16.4. The molecule has 0 spiro atoms. The van der Waals surface area contributed by atoms with Crippen molar-refractivity contribution in [1.82, 2.24) is 10.2 Å². The smallest absolute Gasteiger partial charge is 0.289 e. The van der Waals surface area contributed by atoms with Gasteiger partial charge in [-0.25, -0.2) is 0 Å². The van der Waals surface area contributed by atoms with Gasteiger partial charge >= 0.3 is 0 Å². The number of carbonyl (C=O) groups is 2. The maximum Gasteiger partial charge on any atom is 0.289 e. The van der Waals surface area contributed by atoms with E-state index in [1.807, 2.05) is 18.9 Å². The number of nitrogens with one attached hydrogen (secondary N) is 1. The van der Waals surface area contributed by atoms with Gasteiger partial charge < -0.3 is 14.6 Å². The molecule has 1 amide bonds. The van der Waals surface area contributed by atoms with Gasteiger partial charge in [-0.15, -0.1) is 0 Å². The molecule has 114 valence electrons. The van der Waals surface area contributed by atoms with Crippen molar-refractivity contribution in [2.24, 2.45) is 0 Å². The molecule has 1 aliphatic heterocycles. The summed E-state index contributed by atoms with van der Waals surface area (Å²) in [5, 5.41) is 3.25. The summed E-state index contributed by atoms with van der Waals surface area (Å²) in [6.45, 7) is 3.31. The molecule has 0 bridgehead atoms. The highest BCUT2D eigenvalue weighted by Crippen LogP contribution is 2.30. The molecule has 21 heavy (non-hydrogen) atoms. The molecule has 5 nitrogen and oxygen atoms in total. The third-order valence-corrected chi connectivity index (χ3v) is 4.69. The molecule has 2 aliphatic rings. The van der Waals surface area contributed by atoms with Crippen LogP contribution in [0.2, 0.25) is 0 Å². The maximum atomic E-state index is 12.6. The van der Waals surface area contributed by atoms with Crippen LogP contribution >= 0.6 is 0 Å². The lowest BCUT2D eigenvalue weighted by Crippen LogP contribution is -2.44. The van der Waals surface area contributed by atoms with Gasteiger partial charge in [-0.2, -0.15) is 0 Å². The first-order valence-corrected chi connectivity index (χ1v) is 7.73. The number of hydrogen-bond donors (Lipinski definition) is 1. The average molecular weight is 290 g/mol. The van der Waals surface area contributed by atoms with E-state index < -0.39 is 0 Å². The first-order chi connectivity index (χ1) is 10.1. The lowest BCUT2D eigenvalue weighted by atomic mass is 9.94. The summed E-state index contributed by atoms with van der Waals surface area (Å²) >= 11 is 0. The summed E-state index contributed by atoms with van der Waals surface area (Å²) in [4.78, 5) is 26.5. The van der Waals surface area contributed by atoms with Gasteiger partial charge in [0.25, 0.3) is 5.91 Å². The predicted molar refractivity (Wildman–Crippen MR) is 78.7 cm³/mol. The van der Waals surface area contributed by atoms with Gasteiger partial charge in [-0.1, -0.05) is 0 Å². The molecule has 1 aromatic heterocycles. The molecule has 1 N–H and O–H groups in total. The molecule has 5 heteroatoms. The number of aryl methyl sites for hydroxylation is 1. The minimum Gasteiger partial charge on any atom is -0.455 e. The average Bonchev–Trinajstić information content (AvgIpc) is 2.85. The standard InChI is InChI=1S/C16H22N2O3/c1-10-14-12(19)4-3-5-13(14)21-15(10)16(20)18-8-6-11(17-2)7-9-18/h11,17H,3-9H2,1-2H3. The van der Waals surface area contributed by atoms with Crippen LogP contribution in [0.1, 0.15) is 57.9 Å². The van der Waals surface area contributed by atoms with E-state index in [1.54, 1.807) is 0 Å². The fourth-order valence-corrected chi connectivity index (χ4v) is 3.37. The van der Waals surface area contributed by atoms with Crippen LogP contribution in [-0.2, 0) is 6.42 Å². The van der Waals surface area contributed by atoms with Crippen molar-refractivity contribution in [2.45, 2.75) is 45.1 Å². The molecule has 0 atom stereocenters. The fraction of sp³-hybridized carbons (Fsp3) is 0.625. The first-order valence-electron chi connectivity index (χ1n) is 7.73. The number of furan rings is 1. The largest absolute Gasteiger partial charge is 0.455 e. The summed E-state index contributed by atoms with van der Waals surface area (Å²) < 4.78 is 5.75. The molecule has 3 rings (SSSR count). The summed E-state index contributed by atoms with van der Waals surface area (Å²) in [7, 11) is 1.96. The predicted octanol–water partition coefficient (Wildman–Crippen LogP) is 1.93.